The van der Waals surface area contributed by atoms with Crippen molar-refractivity contribution in [2.24, 2.45) is 0 Å². The fourth-order valence-electron chi connectivity index (χ4n) is 2.31. The highest BCUT2D eigenvalue weighted by molar-refractivity contribution is 6.00. The molecule has 2 N–H and O–H groups in total. The van der Waals surface area contributed by atoms with Crippen LogP contribution in [-0.4, -0.2) is 21.9 Å². The van der Waals surface area contributed by atoms with Crippen molar-refractivity contribution in [1.82, 2.24) is 15.3 Å². The zero-order chi connectivity index (χ0) is 14.8. The minimum Gasteiger partial charge on any atom is -0.350 e. The van der Waals surface area contributed by atoms with E-state index >= 15 is 0 Å². The van der Waals surface area contributed by atoms with Gasteiger partial charge in [-0.2, -0.15) is 0 Å². The zero-order valence-corrected chi connectivity index (χ0v) is 12.1. The van der Waals surface area contributed by atoms with Crippen molar-refractivity contribution in [3.8, 4) is 11.4 Å². The maximum Gasteiger partial charge on any atom is 0.252 e. The molecule has 1 heterocycles. The summed E-state index contributed by atoms with van der Waals surface area (Å²) in [6, 6.07) is 15.4. The molecular formula is C17H17N3O. The van der Waals surface area contributed by atoms with Gasteiger partial charge in [0, 0.05) is 11.6 Å². The van der Waals surface area contributed by atoms with E-state index in [0.717, 1.165) is 16.6 Å². The summed E-state index contributed by atoms with van der Waals surface area (Å²) in [6.45, 7) is 3.89. The monoisotopic (exact) mass is 279 g/mol. The number of aromatic amines is 1. The molecule has 1 aromatic heterocycles. The smallest absolute Gasteiger partial charge is 0.252 e. The van der Waals surface area contributed by atoms with Gasteiger partial charge in [0.25, 0.3) is 5.91 Å². The van der Waals surface area contributed by atoms with E-state index in [0.29, 0.717) is 11.4 Å². The molecule has 21 heavy (non-hydrogen) atoms. The van der Waals surface area contributed by atoms with E-state index in [-0.39, 0.29) is 11.9 Å². The summed E-state index contributed by atoms with van der Waals surface area (Å²) >= 11 is 0. The van der Waals surface area contributed by atoms with Crippen LogP contribution >= 0.6 is 0 Å². The van der Waals surface area contributed by atoms with Crippen LogP contribution in [0.1, 0.15) is 24.2 Å². The van der Waals surface area contributed by atoms with Crippen molar-refractivity contribution < 1.29 is 4.79 Å². The summed E-state index contributed by atoms with van der Waals surface area (Å²) in [5.74, 6) is 0.631. The van der Waals surface area contributed by atoms with Crippen LogP contribution in [0, 0.1) is 0 Å². The molecule has 0 atom stereocenters. The molecule has 0 aliphatic heterocycles. The fraction of sp³-hybridized carbons (Fsp3) is 0.176. The molecule has 0 bridgehead atoms. The van der Waals surface area contributed by atoms with Gasteiger partial charge in [0.1, 0.15) is 5.82 Å². The van der Waals surface area contributed by atoms with Gasteiger partial charge < -0.3 is 10.3 Å². The first-order valence-corrected chi connectivity index (χ1v) is 7.00. The van der Waals surface area contributed by atoms with E-state index in [9.17, 15) is 4.79 Å². The number of rotatable bonds is 3. The predicted octanol–water partition coefficient (Wildman–Crippen LogP) is 3.37. The fourth-order valence-corrected chi connectivity index (χ4v) is 2.31. The quantitative estimate of drug-likeness (QED) is 0.772. The van der Waals surface area contributed by atoms with E-state index in [1.54, 1.807) is 0 Å². The molecule has 3 aromatic rings. The Balaban J connectivity index is 2.07. The molecule has 2 aromatic carbocycles. The highest BCUT2D eigenvalue weighted by Gasteiger charge is 2.15. The average Bonchev–Trinajstić information content (AvgIpc) is 2.90. The molecular weight excluding hydrogens is 262 g/mol. The Morgan fingerprint density at radius 3 is 2.57 bits per heavy atom. The number of H-pyrrole nitrogens is 1. The minimum absolute atomic E-state index is 0.0824. The van der Waals surface area contributed by atoms with Crippen LogP contribution in [0.4, 0.5) is 0 Å². The van der Waals surface area contributed by atoms with Gasteiger partial charge in [-0.3, -0.25) is 4.79 Å². The molecule has 4 nitrogen and oxygen atoms in total. The SMILES string of the molecule is CC(C)NC(=O)c1ccccc1-c1nc2ccccc2[nH]1. The van der Waals surface area contributed by atoms with Crippen LogP contribution in [0.3, 0.4) is 0 Å². The highest BCUT2D eigenvalue weighted by Crippen LogP contribution is 2.23. The Bertz CT molecular complexity index is 756. The molecule has 3 rings (SSSR count). The minimum atomic E-state index is -0.0824. The summed E-state index contributed by atoms with van der Waals surface area (Å²) < 4.78 is 0. The molecule has 0 aliphatic carbocycles. The Hall–Kier alpha value is -2.62. The van der Waals surface area contributed by atoms with Crippen LogP contribution in [-0.2, 0) is 0 Å². The number of nitrogens with zero attached hydrogens (tertiary/aromatic N) is 1. The second-order valence-electron chi connectivity index (χ2n) is 5.28. The topological polar surface area (TPSA) is 57.8 Å². The first kappa shape index (κ1) is 13.4. The number of hydrogen-bond donors (Lipinski definition) is 2. The first-order valence-electron chi connectivity index (χ1n) is 7.00. The lowest BCUT2D eigenvalue weighted by molar-refractivity contribution is 0.0943. The molecule has 0 unspecified atom stereocenters. The average molecular weight is 279 g/mol. The molecule has 106 valence electrons. The predicted molar refractivity (Wildman–Crippen MR) is 84.1 cm³/mol. The largest absolute Gasteiger partial charge is 0.350 e. The van der Waals surface area contributed by atoms with E-state index in [4.69, 9.17) is 0 Å². The van der Waals surface area contributed by atoms with Crippen molar-refractivity contribution in [3.63, 3.8) is 0 Å². The highest BCUT2D eigenvalue weighted by atomic mass is 16.1. The maximum atomic E-state index is 12.3. The molecule has 0 spiro atoms. The van der Waals surface area contributed by atoms with Gasteiger partial charge in [-0.25, -0.2) is 4.98 Å². The van der Waals surface area contributed by atoms with E-state index in [2.05, 4.69) is 15.3 Å². The van der Waals surface area contributed by atoms with Gasteiger partial charge in [0.05, 0.1) is 16.6 Å². The van der Waals surface area contributed by atoms with Crippen LogP contribution in [0.15, 0.2) is 48.5 Å². The van der Waals surface area contributed by atoms with Crippen molar-refractivity contribution in [3.05, 3.63) is 54.1 Å². The van der Waals surface area contributed by atoms with Crippen LogP contribution < -0.4 is 5.32 Å². The number of imidazole rings is 1. The Kier molecular flexibility index (Phi) is 3.44. The second kappa shape index (κ2) is 5.40. The van der Waals surface area contributed by atoms with Gasteiger partial charge in [-0.05, 0) is 32.0 Å². The summed E-state index contributed by atoms with van der Waals surface area (Å²) in [7, 11) is 0. The van der Waals surface area contributed by atoms with Crippen molar-refractivity contribution in [2.45, 2.75) is 19.9 Å². The van der Waals surface area contributed by atoms with Crippen molar-refractivity contribution >= 4 is 16.9 Å². The molecule has 0 saturated carbocycles. The lowest BCUT2D eigenvalue weighted by Crippen LogP contribution is -2.30. The number of carbonyl (C=O) groups excluding carboxylic acids is 1. The first-order chi connectivity index (χ1) is 10.1. The summed E-state index contributed by atoms with van der Waals surface area (Å²) in [5, 5.41) is 2.92. The molecule has 0 fully saturated rings. The van der Waals surface area contributed by atoms with Crippen LogP contribution in [0.5, 0.6) is 0 Å². The summed E-state index contributed by atoms with van der Waals surface area (Å²) in [5.41, 5.74) is 3.30. The molecule has 4 heteroatoms. The van der Waals surface area contributed by atoms with Gasteiger partial charge in [-0.1, -0.05) is 30.3 Å². The van der Waals surface area contributed by atoms with E-state index in [1.807, 2.05) is 62.4 Å². The third-order valence-electron chi connectivity index (χ3n) is 3.24. The normalized spacial score (nSPS) is 11.0. The Morgan fingerprint density at radius 1 is 1.10 bits per heavy atom. The van der Waals surface area contributed by atoms with Crippen molar-refractivity contribution in [1.29, 1.82) is 0 Å². The van der Waals surface area contributed by atoms with Crippen LogP contribution in [0.2, 0.25) is 0 Å². The number of amides is 1. The second-order valence-corrected chi connectivity index (χ2v) is 5.28. The molecule has 1 amide bonds. The summed E-state index contributed by atoms with van der Waals surface area (Å²) in [4.78, 5) is 20.2. The van der Waals surface area contributed by atoms with E-state index < -0.39 is 0 Å². The van der Waals surface area contributed by atoms with Crippen molar-refractivity contribution in [2.75, 3.05) is 0 Å². The number of nitrogens with one attached hydrogen (secondary N) is 2. The Labute approximate surface area is 123 Å². The third-order valence-corrected chi connectivity index (χ3v) is 3.24. The number of hydrogen-bond acceptors (Lipinski definition) is 2. The van der Waals surface area contributed by atoms with Gasteiger partial charge in [-0.15, -0.1) is 0 Å². The molecule has 0 radical (unpaired) electrons. The number of para-hydroxylation sites is 2. The molecule has 0 saturated heterocycles. The maximum absolute atomic E-state index is 12.3. The Morgan fingerprint density at radius 2 is 1.81 bits per heavy atom. The molecule has 0 aliphatic rings. The summed E-state index contributed by atoms with van der Waals surface area (Å²) in [6.07, 6.45) is 0. The number of carbonyl (C=O) groups is 1. The number of benzene rings is 2. The third kappa shape index (κ3) is 2.65. The van der Waals surface area contributed by atoms with Gasteiger partial charge in [0.15, 0.2) is 0 Å². The van der Waals surface area contributed by atoms with Gasteiger partial charge in [0.2, 0.25) is 0 Å². The lowest BCUT2D eigenvalue weighted by Gasteiger charge is -2.10. The number of aromatic nitrogens is 2. The lowest BCUT2D eigenvalue weighted by atomic mass is 10.1. The van der Waals surface area contributed by atoms with Crippen LogP contribution in [0.25, 0.3) is 22.4 Å². The standard InChI is InChI=1S/C17H17N3O/c1-11(2)18-17(21)13-8-4-3-7-12(13)16-19-14-9-5-6-10-15(14)20-16/h3-11H,1-2H3,(H,18,21)(H,19,20). The zero-order valence-electron chi connectivity index (χ0n) is 12.1. The van der Waals surface area contributed by atoms with E-state index in [1.165, 1.54) is 0 Å². The van der Waals surface area contributed by atoms with Gasteiger partial charge >= 0.3 is 0 Å². The number of fused-ring (bicyclic) bond motifs is 1.